The summed E-state index contributed by atoms with van der Waals surface area (Å²) in [6, 6.07) is 13.7. The molecule has 4 heteroatoms. The molecule has 0 spiro atoms. The molecule has 0 aromatic heterocycles. The van der Waals surface area contributed by atoms with E-state index in [1.165, 1.54) is 11.1 Å². The zero-order valence-electron chi connectivity index (χ0n) is 10.2. The molecule has 0 aliphatic carbocycles. The Bertz CT molecular complexity index is 640. The number of nitrogens with one attached hydrogen (secondary N) is 2. The zero-order chi connectivity index (χ0) is 13.2. The maximum absolute atomic E-state index is 12.2. The summed E-state index contributed by atoms with van der Waals surface area (Å²) in [4.78, 5) is 12.2. The third-order valence-corrected chi connectivity index (χ3v) is 4.16. The van der Waals surface area contributed by atoms with Crippen LogP contribution in [0.15, 0.2) is 42.5 Å². The highest BCUT2D eigenvalue weighted by Gasteiger charge is 2.14. The Hall–Kier alpha value is -1.40. The molecule has 3 rings (SSSR count). The molecule has 0 unspecified atom stereocenters. The fourth-order valence-corrected chi connectivity index (χ4v) is 2.72. The summed E-state index contributed by atoms with van der Waals surface area (Å²) in [6.45, 7) is 1.74. The van der Waals surface area contributed by atoms with E-state index in [9.17, 15) is 4.79 Å². The average Bonchev–Trinajstić information content (AvgIpc) is 2.88. The molecule has 0 saturated heterocycles. The number of halogens is 1. The fraction of sp³-hybridized carbons (Fsp3) is 0.133. The molecule has 2 aromatic rings. The highest BCUT2D eigenvalue weighted by atomic mass is 127. The van der Waals surface area contributed by atoms with Crippen LogP contribution in [0.5, 0.6) is 0 Å². The van der Waals surface area contributed by atoms with Crippen LogP contribution in [0, 0.1) is 3.57 Å². The molecule has 1 heterocycles. The third-order valence-electron chi connectivity index (χ3n) is 3.22. The summed E-state index contributed by atoms with van der Waals surface area (Å²) in [7, 11) is 0. The van der Waals surface area contributed by atoms with Gasteiger partial charge in [0.2, 0.25) is 0 Å². The second-order valence-corrected chi connectivity index (χ2v) is 5.68. The smallest absolute Gasteiger partial charge is 0.255 e. The van der Waals surface area contributed by atoms with Crippen molar-refractivity contribution >= 4 is 34.2 Å². The first-order chi connectivity index (χ1) is 9.24. The molecule has 1 aliphatic rings. The first-order valence-corrected chi connectivity index (χ1v) is 7.20. The number of amides is 1. The molecule has 96 valence electrons. The first kappa shape index (κ1) is 12.6. The number of para-hydroxylation sites is 1. The van der Waals surface area contributed by atoms with Gasteiger partial charge in [-0.1, -0.05) is 18.2 Å². The quantitative estimate of drug-likeness (QED) is 0.804. The molecule has 3 nitrogen and oxygen atoms in total. The number of carbonyl (C=O) groups excluding carboxylic acids is 1. The van der Waals surface area contributed by atoms with E-state index in [1.807, 2.05) is 42.5 Å². The van der Waals surface area contributed by atoms with E-state index in [0.717, 1.165) is 22.3 Å². The maximum atomic E-state index is 12.2. The van der Waals surface area contributed by atoms with E-state index in [-0.39, 0.29) is 5.91 Å². The van der Waals surface area contributed by atoms with Gasteiger partial charge < -0.3 is 10.6 Å². The maximum Gasteiger partial charge on any atom is 0.255 e. The molecule has 0 bridgehead atoms. The zero-order valence-corrected chi connectivity index (χ0v) is 12.4. The molecule has 0 fully saturated rings. The van der Waals surface area contributed by atoms with Crippen LogP contribution in [0.3, 0.4) is 0 Å². The predicted molar refractivity (Wildman–Crippen MR) is 84.1 cm³/mol. The lowest BCUT2D eigenvalue weighted by Gasteiger charge is -2.08. The van der Waals surface area contributed by atoms with Crippen molar-refractivity contribution in [2.24, 2.45) is 0 Å². The largest absolute Gasteiger partial charge is 0.321 e. The Kier molecular flexibility index (Phi) is 3.52. The van der Waals surface area contributed by atoms with Crippen LogP contribution in [0.1, 0.15) is 21.5 Å². The van der Waals surface area contributed by atoms with Gasteiger partial charge in [0.15, 0.2) is 0 Å². The van der Waals surface area contributed by atoms with Crippen molar-refractivity contribution in [3.63, 3.8) is 0 Å². The molecule has 0 atom stereocenters. The molecule has 1 aliphatic heterocycles. The van der Waals surface area contributed by atoms with Gasteiger partial charge in [-0.3, -0.25) is 4.79 Å². The lowest BCUT2D eigenvalue weighted by molar-refractivity contribution is 0.102. The SMILES string of the molecule is O=C(Nc1ccccc1I)c1ccc2c(c1)CNC2. The first-order valence-electron chi connectivity index (χ1n) is 6.12. The molecule has 19 heavy (non-hydrogen) atoms. The number of benzene rings is 2. The average molecular weight is 364 g/mol. The summed E-state index contributed by atoms with van der Waals surface area (Å²) in [5.41, 5.74) is 4.06. The molecule has 0 saturated carbocycles. The van der Waals surface area contributed by atoms with Crippen LogP contribution in [0.2, 0.25) is 0 Å². The van der Waals surface area contributed by atoms with Gasteiger partial charge in [-0.05, 0) is 58.0 Å². The highest BCUT2D eigenvalue weighted by molar-refractivity contribution is 14.1. The molecular weight excluding hydrogens is 351 g/mol. The van der Waals surface area contributed by atoms with Crippen LogP contribution in [0.25, 0.3) is 0 Å². The normalized spacial score (nSPS) is 13.1. The van der Waals surface area contributed by atoms with Crippen molar-refractivity contribution in [2.45, 2.75) is 13.1 Å². The van der Waals surface area contributed by atoms with E-state index < -0.39 is 0 Å². The van der Waals surface area contributed by atoms with Gasteiger partial charge in [-0.2, -0.15) is 0 Å². The predicted octanol–water partition coefficient (Wildman–Crippen LogP) is 3.15. The number of carbonyl (C=O) groups is 1. The van der Waals surface area contributed by atoms with Crippen molar-refractivity contribution in [3.05, 3.63) is 62.7 Å². The van der Waals surface area contributed by atoms with Gasteiger partial charge in [0.05, 0.1) is 5.69 Å². The summed E-state index contributed by atoms with van der Waals surface area (Å²) in [5, 5.41) is 6.23. The van der Waals surface area contributed by atoms with E-state index in [2.05, 4.69) is 33.2 Å². The van der Waals surface area contributed by atoms with Crippen molar-refractivity contribution in [3.8, 4) is 0 Å². The summed E-state index contributed by atoms with van der Waals surface area (Å²) in [6.07, 6.45) is 0. The monoisotopic (exact) mass is 364 g/mol. The number of fused-ring (bicyclic) bond motifs is 1. The lowest BCUT2D eigenvalue weighted by atomic mass is 10.1. The van der Waals surface area contributed by atoms with Gasteiger partial charge >= 0.3 is 0 Å². The number of rotatable bonds is 2. The lowest BCUT2D eigenvalue weighted by Crippen LogP contribution is -2.13. The molecule has 1 amide bonds. The topological polar surface area (TPSA) is 41.1 Å². The minimum absolute atomic E-state index is 0.0567. The van der Waals surface area contributed by atoms with Crippen LogP contribution >= 0.6 is 22.6 Å². The standard InChI is InChI=1S/C15H13IN2O/c16-13-3-1-2-4-14(13)18-15(19)10-5-6-11-8-17-9-12(11)7-10/h1-7,17H,8-9H2,(H,18,19). The molecule has 2 N–H and O–H groups in total. The highest BCUT2D eigenvalue weighted by Crippen LogP contribution is 2.20. The van der Waals surface area contributed by atoms with Gasteiger partial charge in [-0.15, -0.1) is 0 Å². The summed E-state index contributed by atoms with van der Waals surface area (Å²) < 4.78 is 1.04. The van der Waals surface area contributed by atoms with E-state index >= 15 is 0 Å². The van der Waals surface area contributed by atoms with Crippen molar-refractivity contribution < 1.29 is 4.79 Å². The van der Waals surface area contributed by atoms with Crippen molar-refractivity contribution in [1.82, 2.24) is 5.32 Å². The summed E-state index contributed by atoms with van der Waals surface area (Å²) >= 11 is 2.22. The van der Waals surface area contributed by atoms with Gasteiger partial charge in [0.25, 0.3) is 5.91 Å². The molecule has 2 aromatic carbocycles. The number of anilines is 1. The number of hydrogen-bond acceptors (Lipinski definition) is 2. The fourth-order valence-electron chi connectivity index (χ4n) is 2.19. The Balaban J connectivity index is 1.83. The van der Waals surface area contributed by atoms with Crippen LogP contribution in [-0.4, -0.2) is 5.91 Å². The van der Waals surface area contributed by atoms with Crippen molar-refractivity contribution in [1.29, 1.82) is 0 Å². The van der Waals surface area contributed by atoms with Crippen molar-refractivity contribution in [2.75, 3.05) is 5.32 Å². The minimum Gasteiger partial charge on any atom is -0.321 e. The van der Waals surface area contributed by atoms with Crippen LogP contribution in [-0.2, 0) is 13.1 Å². The second-order valence-electron chi connectivity index (χ2n) is 4.52. The Morgan fingerprint density at radius 2 is 1.89 bits per heavy atom. The van der Waals surface area contributed by atoms with E-state index in [4.69, 9.17) is 0 Å². The Morgan fingerprint density at radius 1 is 1.11 bits per heavy atom. The molecule has 0 radical (unpaired) electrons. The number of hydrogen-bond donors (Lipinski definition) is 2. The van der Waals surface area contributed by atoms with Gasteiger partial charge in [0, 0.05) is 22.2 Å². The van der Waals surface area contributed by atoms with E-state index in [0.29, 0.717) is 5.56 Å². The van der Waals surface area contributed by atoms with Crippen LogP contribution < -0.4 is 10.6 Å². The molecular formula is C15H13IN2O. The van der Waals surface area contributed by atoms with E-state index in [1.54, 1.807) is 0 Å². The second kappa shape index (κ2) is 5.30. The Morgan fingerprint density at radius 3 is 2.74 bits per heavy atom. The van der Waals surface area contributed by atoms with Gasteiger partial charge in [-0.25, -0.2) is 0 Å². The minimum atomic E-state index is -0.0567. The van der Waals surface area contributed by atoms with Crippen LogP contribution in [0.4, 0.5) is 5.69 Å². The third kappa shape index (κ3) is 2.64. The van der Waals surface area contributed by atoms with Gasteiger partial charge in [0.1, 0.15) is 0 Å². The Labute approximate surface area is 125 Å². The summed E-state index contributed by atoms with van der Waals surface area (Å²) in [5.74, 6) is -0.0567.